The Labute approximate surface area is 105 Å². The fourth-order valence-corrected chi connectivity index (χ4v) is 1.82. The lowest BCUT2D eigenvalue weighted by Crippen LogP contribution is -2.38. The molecule has 1 amide bonds. The first-order valence-corrected chi connectivity index (χ1v) is 5.63. The highest BCUT2D eigenvalue weighted by molar-refractivity contribution is 5.98. The van der Waals surface area contributed by atoms with Crippen LogP contribution in [0.1, 0.15) is 6.42 Å². The maximum absolute atomic E-state index is 11.7. The zero-order valence-corrected chi connectivity index (χ0v) is 10.4. The molecular weight excluding hydrogens is 236 g/mol. The van der Waals surface area contributed by atoms with Crippen molar-refractivity contribution in [1.29, 1.82) is 0 Å². The Balaban J connectivity index is 2.34. The summed E-state index contributed by atoms with van der Waals surface area (Å²) in [6.07, 6.45) is -0.0832. The predicted molar refractivity (Wildman–Crippen MR) is 66.3 cm³/mol. The molecule has 6 heteroatoms. The van der Waals surface area contributed by atoms with E-state index in [0.717, 1.165) is 0 Å². The van der Waals surface area contributed by atoms with Crippen molar-refractivity contribution >= 4 is 11.6 Å². The molecule has 0 aromatic heterocycles. The fourth-order valence-electron chi connectivity index (χ4n) is 1.82. The third-order valence-electron chi connectivity index (χ3n) is 2.73. The van der Waals surface area contributed by atoms with Gasteiger partial charge in [0.05, 0.1) is 19.9 Å². The summed E-state index contributed by atoms with van der Waals surface area (Å²) < 4.78 is 15.9. The van der Waals surface area contributed by atoms with Crippen molar-refractivity contribution < 1.29 is 19.0 Å². The largest absolute Gasteiger partial charge is 0.493 e. The summed E-state index contributed by atoms with van der Waals surface area (Å²) in [5.41, 5.74) is 6.01. The van der Waals surface area contributed by atoms with Gasteiger partial charge in [0, 0.05) is 18.6 Å². The molecule has 1 aliphatic heterocycles. The van der Waals surface area contributed by atoms with Crippen molar-refractivity contribution in [3.8, 4) is 17.2 Å². The summed E-state index contributed by atoms with van der Waals surface area (Å²) >= 11 is 0. The molecule has 0 bridgehead atoms. The Kier molecular flexibility index (Phi) is 3.57. The summed E-state index contributed by atoms with van der Waals surface area (Å²) in [5.74, 6) is 1.46. The van der Waals surface area contributed by atoms with E-state index in [-0.39, 0.29) is 5.91 Å². The average Bonchev–Trinajstić information content (AvgIpc) is 2.38. The fraction of sp³-hybridized carbons (Fsp3) is 0.417. The number of hydrogen-bond acceptors (Lipinski definition) is 5. The van der Waals surface area contributed by atoms with Crippen LogP contribution >= 0.6 is 0 Å². The van der Waals surface area contributed by atoms with Gasteiger partial charge < -0.3 is 25.3 Å². The third-order valence-corrected chi connectivity index (χ3v) is 2.73. The molecule has 1 aromatic rings. The second kappa shape index (κ2) is 5.14. The standard InChI is InChI=1S/C12H16N2O4/c1-16-10-5-7-9(6-11(10)17-2)18-8(3-4-13)12(15)14-7/h5-6,8H,3-4,13H2,1-2H3,(H,14,15). The Morgan fingerprint density at radius 2 is 2.00 bits per heavy atom. The van der Waals surface area contributed by atoms with Crippen molar-refractivity contribution in [2.45, 2.75) is 12.5 Å². The zero-order chi connectivity index (χ0) is 13.1. The molecule has 1 aliphatic rings. The van der Waals surface area contributed by atoms with Gasteiger partial charge in [-0.15, -0.1) is 0 Å². The third kappa shape index (κ3) is 2.19. The van der Waals surface area contributed by atoms with E-state index in [0.29, 0.717) is 35.9 Å². The van der Waals surface area contributed by atoms with E-state index >= 15 is 0 Å². The van der Waals surface area contributed by atoms with E-state index < -0.39 is 6.10 Å². The Morgan fingerprint density at radius 1 is 1.33 bits per heavy atom. The second-order valence-electron chi connectivity index (χ2n) is 3.88. The lowest BCUT2D eigenvalue weighted by Gasteiger charge is -2.26. The number of rotatable bonds is 4. The first kappa shape index (κ1) is 12.5. The van der Waals surface area contributed by atoms with Crippen molar-refractivity contribution in [1.82, 2.24) is 0 Å². The van der Waals surface area contributed by atoms with Crippen LogP contribution in [-0.4, -0.2) is 32.8 Å². The van der Waals surface area contributed by atoms with E-state index in [9.17, 15) is 4.79 Å². The van der Waals surface area contributed by atoms with E-state index in [4.69, 9.17) is 19.9 Å². The van der Waals surface area contributed by atoms with Gasteiger partial charge in [-0.05, 0) is 6.54 Å². The SMILES string of the molecule is COc1cc2c(cc1OC)OC(CCN)C(=O)N2. The van der Waals surface area contributed by atoms with Crippen LogP contribution < -0.4 is 25.3 Å². The van der Waals surface area contributed by atoms with Crippen LogP contribution in [0.3, 0.4) is 0 Å². The van der Waals surface area contributed by atoms with Gasteiger partial charge in [-0.1, -0.05) is 0 Å². The smallest absolute Gasteiger partial charge is 0.265 e. The summed E-state index contributed by atoms with van der Waals surface area (Å²) in [6.45, 7) is 0.390. The van der Waals surface area contributed by atoms with Gasteiger partial charge in [0.25, 0.3) is 5.91 Å². The maximum Gasteiger partial charge on any atom is 0.265 e. The average molecular weight is 252 g/mol. The molecule has 0 saturated heterocycles. The van der Waals surface area contributed by atoms with Gasteiger partial charge in [0.15, 0.2) is 17.6 Å². The van der Waals surface area contributed by atoms with Crippen LogP contribution in [0.2, 0.25) is 0 Å². The van der Waals surface area contributed by atoms with E-state index in [1.807, 2.05) is 0 Å². The highest BCUT2D eigenvalue weighted by Crippen LogP contribution is 2.40. The second-order valence-corrected chi connectivity index (χ2v) is 3.88. The number of methoxy groups -OCH3 is 2. The summed E-state index contributed by atoms with van der Waals surface area (Å²) in [7, 11) is 3.08. The number of anilines is 1. The monoisotopic (exact) mass is 252 g/mol. The van der Waals surface area contributed by atoms with Crippen LogP contribution in [-0.2, 0) is 4.79 Å². The number of nitrogens with one attached hydrogen (secondary N) is 1. The molecule has 0 radical (unpaired) electrons. The minimum absolute atomic E-state index is 0.194. The highest BCUT2D eigenvalue weighted by Gasteiger charge is 2.28. The van der Waals surface area contributed by atoms with E-state index in [2.05, 4.69) is 5.32 Å². The Hall–Kier alpha value is -1.95. The van der Waals surface area contributed by atoms with Crippen LogP contribution in [0.25, 0.3) is 0 Å². The molecule has 0 spiro atoms. The maximum atomic E-state index is 11.7. The molecule has 98 valence electrons. The van der Waals surface area contributed by atoms with Crippen LogP contribution in [0.5, 0.6) is 17.2 Å². The minimum atomic E-state index is -0.555. The van der Waals surface area contributed by atoms with Crippen LogP contribution in [0.4, 0.5) is 5.69 Å². The molecule has 2 rings (SSSR count). The Bertz CT molecular complexity index is 462. The first-order valence-electron chi connectivity index (χ1n) is 5.63. The molecule has 6 nitrogen and oxygen atoms in total. The molecule has 1 unspecified atom stereocenters. The summed E-state index contributed by atoms with van der Waals surface area (Å²) in [4.78, 5) is 11.7. The quantitative estimate of drug-likeness (QED) is 0.826. The lowest BCUT2D eigenvalue weighted by molar-refractivity contribution is -0.123. The number of hydrogen-bond donors (Lipinski definition) is 2. The minimum Gasteiger partial charge on any atom is -0.493 e. The van der Waals surface area contributed by atoms with E-state index in [1.54, 1.807) is 19.2 Å². The van der Waals surface area contributed by atoms with Gasteiger partial charge in [0.2, 0.25) is 0 Å². The molecular formula is C12H16N2O4. The molecule has 0 aliphatic carbocycles. The van der Waals surface area contributed by atoms with Gasteiger partial charge in [-0.2, -0.15) is 0 Å². The van der Waals surface area contributed by atoms with Crippen molar-refractivity contribution in [3.63, 3.8) is 0 Å². The van der Waals surface area contributed by atoms with Gasteiger partial charge >= 0.3 is 0 Å². The first-order chi connectivity index (χ1) is 8.69. The van der Waals surface area contributed by atoms with Crippen molar-refractivity contribution in [3.05, 3.63) is 12.1 Å². The van der Waals surface area contributed by atoms with Gasteiger partial charge in [0.1, 0.15) is 5.75 Å². The zero-order valence-electron chi connectivity index (χ0n) is 10.4. The molecule has 1 aromatic carbocycles. The lowest BCUT2D eigenvalue weighted by atomic mass is 10.1. The van der Waals surface area contributed by atoms with Crippen molar-refractivity contribution in [2.24, 2.45) is 5.73 Å². The molecule has 0 fully saturated rings. The molecule has 1 heterocycles. The van der Waals surface area contributed by atoms with Crippen molar-refractivity contribution in [2.75, 3.05) is 26.1 Å². The number of fused-ring (bicyclic) bond motifs is 1. The highest BCUT2D eigenvalue weighted by atomic mass is 16.5. The molecule has 18 heavy (non-hydrogen) atoms. The normalized spacial score (nSPS) is 17.5. The van der Waals surface area contributed by atoms with E-state index in [1.165, 1.54) is 7.11 Å². The summed E-state index contributed by atoms with van der Waals surface area (Å²) in [6, 6.07) is 3.36. The van der Waals surface area contributed by atoms with Gasteiger partial charge in [-0.3, -0.25) is 4.79 Å². The number of nitrogens with two attached hydrogens (primary N) is 1. The molecule has 1 atom stereocenters. The van der Waals surface area contributed by atoms with Crippen LogP contribution in [0, 0.1) is 0 Å². The Morgan fingerprint density at radius 3 is 2.61 bits per heavy atom. The number of amides is 1. The topological polar surface area (TPSA) is 82.8 Å². The predicted octanol–water partition coefficient (Wildman–Crippen LogP) is 0.752. The number of ether oxygens (including phenoxy) is 3. The number of carbonyl (C=O) groups excluding carboxylic acids is 1. The molecule has 0 saturated carbocycles. The molecule has 3 N–H and O–H groups in total. The number of benzene rings is 1. The summed E-state index contributed by atoms with van der Waals surface area (Å²) in [5, 5.41) is 2.77. The van der Waals surface area contributed by atoms with Crippen LogP contribution in [0.15, 0.2) is 12.1 Å². The van der Waals surface area contributed by atoms with Gasteiger partial charge in [-0.25, -0.2) is 0 Å². The number of carbonyl (C=O) groups is 1.